The van der Waals surface area contributed by atoms with Crippen molar-refractivity contribution < 1.29 is 9.84 Å². The molecular formula is C26H29N3O2. The Bertz CT molecular complexity index is 1110. The molecule has 0 saturated carbocycles. The number of phenols is 1. The highest BCUT2D eigenvalue weighted by Gasteiger charge is 2.41. The Balaban J connectivity index is 1.36. The lowest BCUT2D eigenvalue weighted by molar-refractivity contribution is 0.160. The summed E-state index contributed by atoms with van der Waals surface area (Å²) in [5.41, 5.74) is 5.44. The van der Waals surface area contributed by atoms with E-state index in [1.54, 1.807) is 7.11 Å². The highest BCUT2D eigenvalue weighted by molar-refractivity contribution is 5.69. The molecule has 31 heavy (non-hydrogen) atoms. The number of methoxy groups -OCH3 is 1. The number of piperidine rings is 1. The lowest BCUT2D eigenvalue weighted by Crippen LogP contribution is -2.49. The van der Waals surface area contributed by atoms with Crippen molar-refractivity contribution in [3.05, 3.63) is 84.2 Å². The van der Waals surface area contributed by atoms with Gasteiger partial charge in [-0.15, -0.1) is 6.58 Å². The third-order valence-electron chi connectivity index (χ3n) is 6.75. The fourth-order valence-electron chi connectivity index (χ4n) is 5.06. The van der Waals surface area contributed by atoms with Gasteiger partial charge in [0.1, 0.15) is 11.5 Å². The summed E-state index contributed by atoms with van der Waals surface area (Å²) in [6.45, 7) is 6.48. The van der Waals surface area contributed by atoms with E-state index in [-0.39, 0.29) is 5.54 Å². The Morgan fingerprint density at radius 1 is 1.13 bits per heavy atom. The second-order valence-corrected chi connectivity index (χ2v) is 8.55. The van der Waals surface area contributed by atoms with E-state index >= 15 is 0 Å². The molecule has 0 aliphatic carbocycles. The van der Waals surface area contributed by atoms with Crippen LogP contribution in [0.3, 0.4) is 0 Å². The zero-order chi connectivity index (χ0) is 21.4. The molecule has 1 aromatic heterocycles. The molecule has 1 spiro atoms. The van der Waals surface area contributed by atoms with Gasteiger partial charge in [0.25, 0.3) is 0 Å². The minimum atomic E-state index is -0.0912. The van der Waals surface area contributed by atoms with Gasteiger partial charge in [-0.05, 0) is 49.1 Å². The molecule has 1 saturated heterocycles. The van der Waals surface area contributed by atoms with Gasteiger partial charge in [0.15, 0.2) is 0 Å². The lowest BCUT2D eigenvalue weighted by Gasteiger charge is -2.46. The number of aromatic hydroxyl groups is 1. The predicted molar refractivity (Wildman–Crippen MR) is 124 cm³/mol. The van der Waals surface area contributed by atoms with Gasteiger partial charge in [-0.25, -0.2) is 0 Å². The molecule has 1 fully saturated rings. The Hall–Kier alpha value is -3.18. The molecule has 2 aliphatic rings. The van der Waals surface area contributed by atoms with E-state index in [4.69, 9.17) is 4.74 Å². The maximum Gasteiger partial charge on any atom is 0.123 e. The second-order valence-electron chi connectivity index (χ2n) is 8.55. The highest BCUT2D eigenvalue weighted by atomic mass is 16.5. The van der Waals surface area contributed by atoms with Gasteiger partial charge in [-0.1, -0.05) is 24.3 Å². The normalized spacial score (nSPS) is 16.9. The van der Waals surface area contributed by atoms with E-state index in [0.717, 1.165) is 60.7 Å². The van der Waals surface area contributed by atoms with Crippen LogP contribution in [0, 0.1) is 0 Å². The maximum atomic E-state index is 10.7. The highest BCUT2D eigenvalue weighted by Crippen LogP contribution is 2.44. The first kappa shape index (κ1) is 19.8. The van der Waals surface area contributed by atoms with E-state index in [9.17, 15) is 5.11 Å². The fourth-order valence-corrected chi connectivity index (χ4v) is 5.06. The molecule has 0 bridgehead atoms. The Kier molecular flexibility index (Phi) is 4.98. The molecule has 0 atom stereocenters. The van der Waals surface area contributed by atoms with Crippen LogP contribution in [0.5, 0.6) is 11.5 Å². The molecule has 2 aromatic carbocycles. The molecular weight excluding hydrogens is 386 g/mol. The predicted octanol–water partition coefficient (Wildman–Crippen LogP) is 4.84. The summed E-state index contributed by atoms with van der Waals surface area (Å²) in [6.07, 6.45) is 6.67. The number of fused-ring (bicyclic) bond motifs is 4. The first-order chi connectivity index (χ1) is 15.1. The van der Waals surface area contributed by atoms with Gasteiger partial charge in [0, 0.05) is 43.2 Å². The van der Waals surface area contributed by atoms with E-state index < -0.39 is 0 Å². The first-order valence-electron chi connectivity index (χ1n) is 10.9. The summed E-state index contributed by atoms with van der Waals surface area (Å²) in [4.78, 5) is 2.44. The number of benzene rings is 2. The number of hydrogen-bond donors (Lipinski definition) is 2. The van der Waals surface area contributed by atoms with Crippen molar-refractivity contribution in [2.75, 3.05) is 25.5 Å². The zero-order valence-corrected chi connectivity index (χ0v) is 18.0. The molecule has 2 aliphatic heterocycles. The number of para-hydroxylation sites is 1. The summed E-state index contributed by atoms with van der Waals surface area (Å²) in [7, 11) is 1.71. The summed E-state index contributed by atoms with van der Waals surface area (Å²) in [5, 5.41) is 14.5. The third kappa shape index (κ3) is 3.39. The van der Waals surface area contributed by atoms with E-state index in [1.807, 2.05) is 30.3 Å². The van der Waals surface area contributed by atoms with Gasteiger partial charge in [-0.3, -0.25) is 4.90 Å². The largest absolute Gasteiger partial charge is 0.507 e. The van der Waals surface area contributed by atoms with Crippen LogP contribution in [0.4, 0.5) is 5.69 Å². The zero-order valence-electron chi connectivity index (χ0n) is 18.0. The van der Waals surface area contributed by atoms with Crippen LogP contribution in [0.25, 0.3) is 5.69 Å². The van der Waals surface area contributed by atoms with Crippen molar-refractivity contribution in [3.8, 4) is 17.2 Å². The number of nitrogens with zero attached hydrogens (tertiary/aromatic N) is 2. The van der Waals surface area contributed by atoms with Crippen LogP contribution in [-0.2, 0) is 18.5 Å². The molecule has 5 heteroatoms. The Morgan fingerprint density at radius 2 is 1.94 bits per heavy atom. The summed E-state index contributed by atoms with van der Waals surface area (Å²) in [5.74, 6) is 1.28. The standard InChI is InChI=1S/C26H29N3O2/c1-3-6-19-7-4-8-20(25(19)30)18-28-15-12-26(13-16-28)24-9-5-14-29(24)23-11-10-21(31-2)17-22(23)27-26/h3-5,7-11,14,17,27,30H,1,6,12-13,15-16,18H2,2H3. The molecule has 2 N–H and O–H groups in total. The number of hydrogen-bond acceptors (Lipinski definition) is 4. The monoisotopic (exact) mass is 415 g/mol. The lowest BCUT2D eigenvalue weighted by atomic mass is 9.82. The maximum absolute atomic E-state index is 10.7. The van der Waals surface area contributed by atoms with Crippen molar-refractivity contribution in [1.82, 2.24) is 9.47 Å². The number of nitrogens with one attached hydrogen (secondary N) is 1. The Labute approximate surface area is 183 Å². The minimum Gasteiger partial charge on any atom is -0.507 e. The van der Waals surface area contributed by atoms with E-state index in [2.05, 4.69) is 51.8 Å². The van der Waals surface area contributed by atoms with Gasteiger partial charge in [-0.2, -0.15) is 0 Å². The molecule has 5 nitrogen and oxygen atoms in total. The van der Waals surface area contributed by atoms with Crippen LogP contribution in [-0.4, -0.2) is 34.8 Å². The van der Waals surface area contributed by atoms with Crippen molar-refractivity contribution in [1.29, 1.82) is 0 Å². The van der Waals surface area contributed by atoms with Gasteiger partial charge in [0.2, 0.25) is 0 Å². The average Bonchev–Trinajstić information content (AvgIpc) is 3.29. The number of aromatic nitrogens is 1. The smallest absolute Gasteiger partial charge is 0.123 e. The van der Waals surface area contributed by atoms with E-state index in [0.29, 0.717) is 12.2 Å². The van der Waals surface area contributed by atoms with Gasteiger partial charge >= 0.3 is 0 Å². The number of rotatable bonds is 5. The molecule has 0 radical (unpaired) electrons. The molecule has 3 aromatic rings. The van der Waals surface area contributed by atoms with Crippen LogP contribution >= 0.6 is 0 Å². The van der Waals surface area contributed by atoms with Crippen molar-refractivity contribution in [2.24, 2.45) is 0 Å². The quantitative estimate of drug-likeness (QED) is 0.586. The number of ether oxygens (including phenoxy) is 1. The molecule has 3 heterocycles. The van der Waals surface area contributed by atoms with Crippen molar-refractivity contribution in [3.63, 3.8) is 0 Å². The minimum absolute atomic E-state index is 0.0912. The van der Waals surface area contributed by atoms with Crippen LogP contribution in [0.1, 0.15) is 29.7 Å². The number of phenolic OH excluding ortho intramolecular Hbond substituents is 1. The second kappa shape index (κ2) is 7.82. The SMILES string of the molecule is C=CCc1cccc(CN2CCC3(CC2)Nc2cc(OC)ccc2-n2cccc23)c1O. The summed E-state index contributed by atoms with van der Waals surface area (Å²) < 4.78 is 7.77. The van der Waals surface area contributed by atoms with Gasteiger partial charge in [0.05, 0.1) is 24.0 Å². The number of allylic oxidation sites excluding steroid dienone is 1. The van der Waals surface area contributed by atoms with Crippen molar-refractivity contribution >= 4 is 5.69 Å². The molecule has 0 amide bonds. The molecule has 0 unspecified atom stereocenters. The molecule has 160 valence electrons. The average molecular weight is 416 g/mol. The number of likely N-dealkylation sites (tertiary alicyclic amines) is 1. The van der Waals surface area contributed by atoms with Crippen molar-refractivity contribution in [2.45, 2.75) is 31.3 Å². The van der Waals surface area contributed by atoms with Gasteiger partial charge < -0.3 is 19.7 Å². The first-order valence-corrected chi connectivity index (χ1v) is 10.9. The topological polar surface area (TPSA) is 49.7 Å². The van der Waals surface area contributed by atoms with Crippen LogP contribution in [0.2, 0.25) is 0 Å². The summed E-state index contributed by atoms with van der Waals surface area (Å²) in [6, 6.07) is 16.6. The fraction of sp³-hybridized carbons (Fsp3) is 0.308. The summed E-state index contributed by atoms with van der Waals surface area (Å²) >= 11 is 0. The van der Waals surface area contributed by atoms with E-state index in [1.165, 1.54) is 5.69 Å². The Morgan fingerprint density at radius 3 is 2.71 bits per heavy atom. The van der Waals surface area contributed by atoms with Crippen LogP contribution in [0.15, 0.2) is 67.4 Å². The molecule has 5 rings (SSSR count). The van der Waals surface area contributed by atoms with Crippen LogP contribution < -0.4 is 10.1 Å². The number of anilines is 1. The third-order valence-corrected chi connectivity index (χ3v) is 6.75.